The van der Waals surface area contributed by atoms with Crippen LogP contribution >= 0.6 is 23.2 Å². The van der Waals surface area contributed by atoms with Crippen LogP contribution in [0, 0.1) is 5.82 Å². The SMILES string of the molecule is CC(=O)N1N=C(c2ccc(Cl)cc2Cl)O[C@@H]1c1ccc(F)cc1. The summed E-state index contributed by atoms with van der Waals surface area (Å²) >= 11 is 12.0. The van der Waals surface area contributed by atoms with Crippen LogP contribution in [0.5, 0.6) is 0 Å². The van der Waals surface area contributed by atoms with Crippen LogP contribution in [0.4, 0.5) is 4.39 Å². The van der Waals surface area contributed by atoms with E-state index in [9.17, 15) is 9.18 Å². The first kappa shape index (κ1) is 15.8. The van der Waals surface area contributed by atoms with Gasteiger partial charge in [0.15, 0.2) is 0 Å². The number of carbonyl (C=O) groups is 1. The lowest BCUT2D eigenvalue weighted by Gasteiger charge is -2.19. The van der Waals surface area contributed by atoms with Crippen molar-refractivity contribution in [2.75, 3.05) is 0 Å². The van der Waals surface area contributed by atoms with Crippen LogP contribution < -0.4 is 0 Å². The molecule has 0 aliphatic carbocycles. The highest BCUT2D eigenvalue weighted by Gasteiger charge is 2.33. The van der Waals surface area contributed by atoms with Crippen molar-refractivity contribution in [3.8, 4) is 0 Å². The normalized spacial score (nSPS) is 17.0. The first-order chi connectivity index (χ1) is 11.0. The van der Waals surface area contributed by atoms with Crippen LogP contribution in [0.2, 0.25) is 10.0 Å². The zero-order chi connectivity index (χ0) is 16.6. The molecule has 1 aliphatic rings. The Morgan fingerprint density at radius 2 is 1.91 bits per heavy atom. The Morgan fingerprint density at radius 1 is 1.22 bits per heavy atom. The highest BCUT2D eigenvalue weighted by molar-refractivity contribution is 6.36. The van der Waals surface area contributed by atoms with Gasteiger partial charge in [-0.15, -0.1) is 5.10 Å². The second-order valence-corrected chi connectivity index (χ2v) is 5.76. The Balaban J connectivity index is 1.97. The summed E-state index contributed by atoms with van der Waals surface area (Å²) < 4.78 is 18.9. The van der Waals surface area contributed by atoms with Crippen LogP contribution in [0.3, 0.4) is 0 Å². The number of hydrogen-bond acceptors (Lipinski definition) is 3. The standard InChI is InChI=1S/C16H11Cl2FN2O2/c1-9(22)21-16(10-2-5-12(19)6-3-10)23-15(20-21)13-7-4-11(17)8-14(13)18/h2-8,16H,1H3/t16-/m1/s1. The minimum absolute atomic E-state index is 0.205. The summed E-state index contributed by atoms with van der Waals surface area (Å²) in [5.74, 6) is -0.474. The summed E-state index contributed by atoms with van der Waals surface area (Å²) in [5.41, 5.74) is 1.12. The van der Waals surface area contributed by atoms with Crippen molar-refractivity contribution in [2.45, 2.75) is 13.2 Å². The van der Waals surface area contributed by atoms with Gasteiger partial charge in [-0.2, -0.15) is 5.01 Å². The molecular formula is C16H11Cl2FN2O2. The van der Waals surface area contributed by atoms with Gasteiger partial charge in [-0.05, 0) is 30.3 Å². The predicted octanol–water partition coefficient (Wildman–Crippen LogP) is 4.37. The Hall–Kier alpha value is -2.11. The van der Waals surface area contributed by atoms with E-state index in [1.807, 2.05) is 0 Å². The maximum absolute atomic E-state index is 13.1. The van der Waals surface area contributed by atoms with E-state index < -0.39 is 6.23 Å². The molecule has 0 bridgehead atoms. The number of carbonyl (C=O) groups excluding carboxylic acids is 1. The van der Waals surface area contributed by atoms with Gasteiger partial charge in [-0.3, -0.25) is 4.79 Å². The zero-order valence-electron chi connectivity index (χ0n) is 12.0. The van der Waals surface area contributed by atoms with Gasteiger partial charge < -0.3 is 4.74 Å². The van der Waals surface area contributed by atoms with Crippen molar-refractivity contribution in [2.24, 2.45) is 5.10 Å². The Bertz CT molecular complexity index is 793. The fraction of sp³-hybridized carbons (Fsp3) is 0.125. The molecule has 1 aliphatic heterocycles. The molecule has 0 N–H and O–H groups in total. The topological polar surface area (TPSA) is 41.9 Å². The molecule has 1 heterocycles. The summed E-state index contributed by atoms with van der Waals surface area (Å²) in [6.07, 6.45) is -0.769. The van der Waals surface area contributed by atoms with E-state index in [1.165, 1.54) is 36.2 Å². The Kier molecular flexibility index (Phi) is 4.24. The fourth-order valence-electron chi connectivity index (χ4n) is 2.18. The Labute approximate surface area is 142 Å². The lowest BCUT2D eigenvalue weighted by atomic mass is 10.2. The number of hydrazone groups is 1. The molecule has 1 amide bonds. The molecule has 0 saturated carbocycles. The third kappa shape index (κ3) is 3.16. The molecule has 2 aromatic carbocycles. The van der Waals surface area contributed by atoms with E-state index in [0.29, 0.717) is 21.2 Å². The monoisotopic (exact) mass is 352 g/mol. The fourth-order valence-corrected chi connectivity index (χ4v) is 2.67. The second kappa shape index (κ2) is 6.18. The number of amides is 1. The smallest absolute Gasteiger partial charge is 0.243 e. The zero-order valence-corrected chi connectivity index (χ0v) is 13.5. The summed E-state index contributed by atoms with van der Waals surface area (Å²) in [5, 5.41) is 6.22. The van der Waals surface area contributed by atoms with E-state index in [0.717, 1.165) is 0 Å². The third-order valence-corrected chi connectivity index (χ3v) is 3.83. The van der Waals surface area contributed by atoms with Gasteiger partial charge in [0.05, 0.1) is 10.6 Å². The van der Waals surface area contributed by atoms with Gasteiger partial charge >= 0.3 is 0 Å². The first-order valence-corrected chi connectivity index (χ1v) is 7.47. The number of halogens is 3. The van der Waals surface area contributed by atoms with Gasteiger partial charge in [0, 0.05) is 17.5 Å². The predicted molar refractivity (Wildman–Crippen MR) is 85.7 cm³/mol. The van der Waals surface area contributed by atoms with Crippen molar-refractivity contribution in [3.63, 3.8) is 0 Å². The first-order valence-electron chi connectivity index (χ1n) is 6.71. The molecule has 2 aromatic rings. The molecule has 0 aromatic heterocycles. The molecule has 23 heavy (non-hydrogen) atoms. The summed E-state index contributed by atoms with van der Waals surface area (Å²) in [7, 11) is 0. The van der Waals surface area contributed by atoms with Crippen LogP contribution in [0.1, 0.15) is 24.3 Å². The van der Waals surface area contributed by atoms with E-state index in [-0.39, 0.29) is 17.6 Å². The van der Waals surface area contributed by atoms with Crippen LogP contribution in [0.15, 0.2) is 47.6 Å². The maximum Gasteiger partial charge on any atom is 0.243 e. The lowest BCUT2D eigenvalue weighted by Crippen LogP contribution is -2.25. The third-order valence-electron chi connectivity index (χ3n) is 3.28. The highest BCUT2D eigenvalue weighted by atomic mass is 35.5. The van der Waals surface area contributed by atoms with Crippen LogP contribution in [-0.2, 0) is 9.53 Å². The number of nitrogens with zero attached hydrogens (tertiary/aromatic N) is 2. The van der Waals surface area contributed by atoms with Crippen molar-refractivity contribution >= 4 is 35.0 Å². The Morgan fingerprint density at radius 3 is 2.52 bits per heavy atom. The van der Waals surface area contributed by atoms with E-state index in [4.69, 9.17) is 27.9 Å². The summed E-state index contributed by atoms with van der Waals surface area (Å²) in [6.45, 7) is 1.37. The number of rotatable bonds is 2. The number of benzene rings is 2. The minimum atomic E-state index is -0.769. The van der Waals surface area contributed by atoms with E-state index in [1.54, 1.807) is 18.2 Å². The molecule has 0 unspecified atom stereocenters. The average Bonchev–Trinajstić information content (AvgIpc) is 2.93. The van der Waals surface area contributed by atoms with Gasteiger partial charge in [-0.1, -0.05) is 35.3 Å². The van der Waals surface area contributed by atoms with Gasteiger partial charge in [0.25, 0.3) is 0 Å². The molecule has 0 spiro atoms. The van der Waals surface area contributed by atoms with Crippen LogP contribution in [-0.4, -0.2) is 16.8 Å². The molecule has 118 valence electrons. The molecule has 1 atom stereocenters. The van der Waals surface area contributed by atoms with Gasteiger partial charge in [0.2, 0.25) is 18.0 Å². The van der Waals surface area contributed by atoms with E-state index >= 15 is 0 Å². The summed E-state index contributed by atoms with van der Waals surface area (Å²) in [4.78, 5) is 11.8. The van der Waals surface area contributed by atoms with Crippen LogP contribution in [0.25, 0.3) is 0 Å². The molecule has 0 radical (unpaired) electrons. The van der Waals surface area contributed by atoms with Gasteiger partial charge in [-0.25, -0.2) is 4.39 Å². The molecule has 7 heteroatoms. The minimum Gasteiger partial charge on any atom is -0.446 e. The molecule has 4 nitrogen and oxygen atoms in total. The van der Waals surface area contributed by atoms with Crippen molar-refractivity contribution in [1.29, 1.82) is 0 Å². The van der Waals surface area contributed by atoms with Crippen molar-refractivity contribution < 1.29 is 13.9 Å². The lowest BCUT2D eigenvalue weighted by molar-refractivity contribution is -0.135. The maximum atomic E-state index is 13.1. The molecule has 0 fully saturated rings. The largest absolute Gasteiger partial charge is 0.446 e. The molecule has 0 saturated heterocycles. The molecule has 3 rings (SSSR count). The van der Waals surface area contributed by atoms with Gasteiger partial charge in [0.1, 0.15) is 5.82 Å². The highest BCUT2D eigenvalue weighted by Crippen LogP contribution is 2.32. The van der Waals surface area contributed by atoms with E-state index in [2.05, 4.69) is 5.10 Å². The van der Waals surface area contributed by atoms with Crippen molar-refractivity contribution in [1.82, 2.24) is 5.01 Å². The second-order valence-electron chi connectivity index (χ2n) is 4.91. The quantitative estimate of drug-likeness (QED) is 0.805. The molecular weight excluding hydrogens is 342 g/mol. The number of ether oxygens (including phenoxy) is 1. The summed E-state index contributed by atoms with van der Waals surface area (Å²) in [6, 6.07) is 10.5. The number of hydrogen-bond donors (Lipinski definition) is 0. The van der Waals surface area contributed by atoms with Crippen molar-refractivity contribution in [3.05, 3.63) is 69.5 Å². The average molecular weight is 353 g/mol.